The fraction of sp³-hybridized carbons (Fsp3) is 0.211. The maximum atomic E-state index is 13.1. The standard InChI is InChI=1S/C19H18N4O2S/c1-2-25-12-13-26-19-21-20-18-22(14-8-4-3-5-9-14)17(24)15-10-6-7-11-16(15)23(18)19/h3-11H,2,12-13H2,1H3. The van der Waals surface area contributed by atoms with E-state index in [1.807, 2.05) is 65.9 Å². The van der Waals surface area contributed by atoms with E-state index in [1.165, 1.54) is 0 Å². The third-order valence-corrected chi connectivity index (χ3v) is 4.97. The average Bonchev–Trinajstić information content (AvgIpc) is 3.10. The minimum atomic E-state index is -0.0995. The molecule has 0 amide bonds. The smallest absolute Gasteiger partial charge is 0.267 e. The molecule has 0 spiro atoms. The lowest BCUT2D eigenvalue weighted by molar-refractivity contribution is 0.164. The van der Waals surface area contributed by atoms with Gasteiger partial charge in [-0.05, 0) is 31.2 Å². The van der Waals surface area contributed by atoms with Crippen molar-refractivity contribution < 1.29 is 4.74 Å². The summed E-state index contributed by atoms with van der Waals surface area (Å²) in [6.45, 7) is 3.31. The quantitative estimate of drug-likeness (QED) is 0.387. The van der Waals surface area contributed by atoms with Gasteiger partial charge in [0.05, 0.1) is 23.2 Å². The van der Waals surface area contributed by atoms with Gasteiger partial charge in [0.25, 0.3) is 5.56 Å². The monoisotopic (exact) mass is 366 g/mol. The first-order valence-corrected chi connectivity index (χ1v) is 9.44. The van der Waals surface area contributed by atoms with Crippen molar-refractivity contribution in [1.82, 2.24) is 19.2 Å². The highest BCUT2D eigenvalue weighted by Gasteiger charge is 2.17. The molecular formula is C19H18N4O2S. The Morgan fingerprint density at radius 3 is 2.62 bits per heavy atom. The average molecular weight is 366 g/mol. The number of hydrogen-bond acceptors (Lipinski definition) is 5. The van der Waals surface area contributed by atoms with Crippen LogP contribution in [-0.4, -0.2) is 38.1 Å². The van der Waals surface area contributed by atoms with Gasteiger partial charge in [0.15, 0.2) is 5.16 Å². The highest BCUT2D eigenvalue weighted by molar-refractivity contribution is 7.99. The molecule has 2 heterocycles. The molecule has 2 aromatic carbocycles. The first-order chi connectivity index (χ1) is 12.8. The maximum absolute atomic E-state index is 13.1. The van der Waals surface area contributed by atoms with E-state index in [0.717, 1.165) is 22.1 Å². The molecule has 0 saturated heterocycles. The van der Waals surface area contributed by atoms with Gasteiger partial charge in [-0.3, -0.25) is 9.20 Å². The van der Waals surface area contributed by atoms with Crippen LogP contribution in [0.15, 0.2) is 64.5 Å². The molecule has 4 aromatic rings. The lowest BCUT2D eigenvalue weighted by Crippen LogP contribution is -2.21. The van der Waals surface area contributed by atoms with E-state index in [0.29, 0.717) is 24.4 Å². The minimum Gasteiger partial charge on any atom is -0.381 e. The fourth-order valence-corrected chi connectivity index (χ4v) is 3.71. The molecule has 0 aliphatic rings. The highest BCUT2D eigenvalue weighted by atomic mass is 32.2. The molecule has 7 heteroatoms. The van der Waals surface area contributed by atoms with Crippen molar-refractivity contribution >= 4 is 28.4 Å². The highest BCUT2D eigenvalue weighted by Crippen LogP contribution is 2.22. The molecule has 4 rings (SSSR count). The Morgan fingerprint density at radius 2 is 1.81 bits per heavy atom. The molecule has 0 saturated carbocycles. The van der Waals surface area contributed by atoms with Gasteiger partial charge < -0.3 is 4.74 Å². The molecule has 0 radical (unpaired) electrons. The van der Waals surface area contributed by atoms with Gasteiger partial charge in [0.1, 0.15) is 0 Å². The molecule has 0 atom stereocenters. The topological polar surface area (TPSA) is 61.4 Å². The summed E-state index contributed by atoms with van der Waals surface area (Å²) in [5.74, 6) is 1.28. The third kappa shape index (κ3) is 2.89. The van der Waals surface area contributed by atoms with Crippen LogP contribution in [0.1, 0.15) is 6.92 Å². The molecule has 6 nitrogen and oxygen atoms in total. The Morgan fingerprint density at radius 1 is 1.04 bits per heavy atom. The van der Waals surface area contributed by atoms with Crippen LogP contribution >= 0.6 is 11.8 Å². The Balaban J connectivity index is 1.95. The van der Waals surface area contributed by atoms with Crippen LogP contribution in [-0.2, 0) is 4.74 Å². The van der Waals surface area contributed by atoms with Crippen LogP contribution in [0.5, 0.6) is 0 Å². The first-order valence-electron chi connectivity index (χ1n) is 8.46. The van der Waals surface area contributed by atoms with E-state index in [-0.39, 0.29) is 5.56 Å². The van der Waals surface area contributed by atoms with Crippen molar-refractivity contribution in [2.75, 3.05) is 19.0 Å². The lowest BCUT2D eigenvalue weighted by atomic mass is 10.2. The number of hydrogen-bond donors (Lipinski definition) is 0. The van der Waals surface area contributed by atoms with Gasteiger partial charge in [-0.2, -0.15) is 0 Å². The Hall–Kier alpha value is -2.64. The molecular weight excluding hydrogens is 348 g/mol. The van der Waals surface area contributed by atoms with E-state index in [9.17, 15) is 4.79 Å². The van der Waals surface area contributed by atoms with Crippen molar-refractivity contribution in [2.45, 2.75) is 12.1 Å². The first kappa shape index (κ1) is 16.8. The SMILES string of the molecule is CCOCCSc1nnc2n(-c3ccccc3)c(=O)c3ccccc3n12. The molecule has 0 unspecified atom stereocenters. The number of nitrogens with zero attached hydrogens (tertiary/aromatic N) is 4. The predicted molar refractivity (Wildman–Crippen MR) is 103 cm³/mol. The Labute approximate surface area is 154 Å². The maximum Gasteiger partial charge on any atom is 0.267 e. The normalized spacial score (nSPS) is 11.4. The summed E-state index contributed by atoms with van der Waals surface area (Å²) in [6.07, 6.45) is 0. The van der Waals surface area contributed by atoms with Crippen molar-refractivity contribution in [1.29, 1.82) is 0 Å². The van der Waals surface area contributed by atoms with Crippen LogP contribution in [0.4, 0.5) is 0 Å². The van der Waals surface area contributed by atoms with E-state index >= 15 is 0 Å². The summed E-state index contributed by atoms with van der Waals surface area (Å²) < 4.78 is 8.97. The van der Waals surface area contributed by atoms with E-state index in [1.54, 1.807) is 16.3 Å². The van der Waals surface area contributed by atoms with Crippen molar-refractivity contribution in [2.24, 2.45) is 0 Å². The molecule has 0 N–H and O–H groups in total. The number of thioether (sulfide) groups is 1. The Kier molecular flexibility index (Phi) is 4.73. The van der Waals surface area contributed by atoms with Gasteiger partial charge in [-0.1, -0.05) is 42.1 Å². The number of benzene rings is 2. The summed E-state index contributed by atoms with van der Waals surface area (Å²) in [5.41, 5.74) is 1.48. The minimum absolute atomic E-state index is 0.0995. The third-order valence-electron chi connectivity index (χ3n) is 4.07. The molecule has 26 heavy (non-hydrogen) atoms. The number of ether oxygens (including phenoxy) is 1. The van der Waals surface area contributed by atoms with Gasteiger partial charge >= 0.3 is 0 Å². The zero-order valence-electron chi connectivity index (χ0n) is 14.3. The van der Waals surface area contributed by atoms with Gasteiger partial charge in [-0.25, -0.2) is 4.57 Å². The van der Waals surface area contributed by atoms with Crippen molar-refractivity contribution in [3.05, 3.63) is 65.0 Å². The van der Waals surface area contributed by atoms with Crippen molar-refractivity contribution in [3.63, 3.8) is 0 Å². The molecule has 0 bridgehead atoms. The molecule has 0 aliphatic carbocycles. The fourth-order valence-electron chi connectivity index (χ4n) is 2.92. The number of aromatic nitrogens is 4. The largest absolute Gasteiger partial charge is 0.381 e. The number of rotatable bonds is 6. The number of para-hydroxylation sites is 2. The van der Waals surface area contributed by atoms with Gasteiger partial charge in [0, 0.05) is 12.4 Å². The molecule has 0 fully saturated rings. The van der Waals surface area contributed by atoms with Gasteiger partial charge in [0.2, 0.25) is 5.78 Å². The predicted octanol–water partition coefficient (Wildman–Crippen LogP) is 3.16. The van der Waals surface area contributed by atoms with Gasteiger partial charge in [-0.15, -0.1) is 10.2 Å². The van der Waals surface area contributed by atoms with Crippen LogP contribution in [0.2, 0.25) is 0 Å². The van der Waals surface area contributed by atoms with E-state index < -0.39 is 0 Å². The van der Waals surface area contributed by atoms with Crippen LogP contribution < -0.4 is 5.56 Å². The van der Waals surface area contributed by atoms with E-state index in [4.69, 9.17) is 4.74 Å². The zero-order valence-corrected chi connectivity index (χ0v) is 15.1. The summed E-state index contributed by atoms with van der Waals surface area (Å²) >= 11 is 1.57. The number of fused-ring (bicyclic) bond motifs is 3. The summed E-state index contributed by atoms with van der Waals surface area (Å²) in [5, 5.41) is 10.0. The summed E-state index contributed by atoms with van der Waals surface area (Å²) in [7, 11) is 0. The Bertz CT molecular complexity index is 1110. The van der Waals surface area contributed by atoms with Crippen molar-refractivity contribution in [3.8, 4) is 5.69 Å². The zero-order chi connectivity index (χ0) is 17.9. The second kappa shape index (κ2) is 7.31. The summed E-state index contributed by atoms with van der Waals surface area (Å²) in [4.78, 5) is 13.1. The van der Waals surface area contributed by atoms with E-state index in [2.05, 4.69) is 10.2 Å². The molecule has 2 aromatic heterocycles. The van der Waals surface area contributed by atoms with Crippen LogP contribution in [0.25, 0.3) is 22.4 Å². The summed E-state index contributed by atoms with van der Waals surface area (Å²) in [6, 6.07) is 17.1. The lowest BCUT2D eigenvalue weighted by Gasteiger charge is -2.11. The van der Waals surface area contributed by atoms with Crippen LogP contribution in [0.3, 0.4) is 0 Å². The van der Waals surface area contributed by atoms with Crippen LogP contribution in [0, 0.1) is 0 Å². The molecule has 0 aliphatic heterocycles. The molecule has 132 valence electrons. The second-order valence-electron chi connectivity index (χ2n) is 5.66. The second-order valence-corrected chi connectivity index (χ2v) is 6.72.